The second kappa shape index (κ2) is 5.07. The number of nitrogens with two attached hydrogens (primary N) is 1. The van der Waals surface area contributed by atoms with Crippen molar-refractivity contribution in [1.29, 1.82) is 0 Å². The highest BCUT2D eigenvalue weighted by Crippen LogP contribution is 2.25. The minimum atomic E-state index is -3.63. The fourth-order valence-electron chi connectivity index (χ4n) is 2.25. The molecule has 1 aromatic rings. The second-order valence-electron chi connectivity index (χ2n) is 5.31. The van der Waals surface area contributed by atoms with Gasteiger partial charge in [-0.1, -0.05) is 0 Å². The van der Waals surface area contributed by atoms with Crippen molar-refractivity contribution in [3.05, 3.63) is 18.3 Å². The first-order valence-corrected chi connectivity index (χ1v) is 7.65. The lowest BCUT2D eigenvalue weighted by atomic mass is 9.95. The maximum atomic E-state index is 12.3. The summed E-state index contributed by atoms with van der Waals surface area (Å²) in [7, 11) is -3.63. The van der Waals surface area contributed by atoms with Gasteiger partial charge in [-0.15, -0.1) is 0 Å². The van der Waals surface area contributed by atoms with Crippen molar-refractivity contribution in [2.24, 2.45) is 0 Å². The predicted molar refractivity (Wildman–Crippen MR) is 72.0 cm³/mol. The number of anilines is 1. The van der Waals surface area contributed by atoms with Gasteiger partial charge in [0, 0.05) is 18.8 Å². The van der Waals surface area contributed by atoms with Gasteiger partial charge in [0.25, 0.3) is 0 Å². The molecule has 0 aromatic carbocycles. The van der Waals surface area contributed by atoms with E-state index in [0.29, 0.717) is 19.4 Å². The first-order valence-electron chi connectivity index (χ1n) is 6.17. The maximum Gasteiger partial charge on any atom is 0.244 e. The van der Waals surface area contributed by atoms with Gasteiger partial charge in [-0.05, 0) is 38.8 Å². The normalized spacial score (nSPS) is 23.2. The number of rotatable bonds is 3. The van der Waals surface area contributed by atoms with Gasteiger partial charge in [-0.25, -0.2) is 18.1 Å². The van der Waals surface area contributed by atoms with Crippen LogP contribution in [0, 0.1) is 0 Å². The highest BCUT2D eigenvalue weighted by molar-refractivity contribution is 7.89. The molecule has 19 heavy (non-hydrogen) atoms. The third kappa shape index (κ3) is 3.43. The van der Waals surface area contributed by atoms with Crippen LogP contribution in [0.4, 0.5) is 5.82 Å². The Bertz CT molecular complexity index is 557. The van der Waals surface area contributed by atoms with E-state index in [-0.39, 0.29) is 22.4 Å². The van der Waals surface area contributed by atoms with Crippen LogP contribution < -0.4 is 10.5 Å². The first-order chi connectivity index (χ1) is 8.80. The molecule has 6 nitrogen and oxygen atoms in total. The highest BCUT2D eigenvalue weighted by atomic mass is 32.2. The molecule has 7 heteroatoms. The molecule has 1 unspecified atom stereocenters. The Morgan fingerprint density at radius 2 is 2.26 bits per heavy atom. The lowest BCUT2D eigenvalue weighted by molar-refractivity contribution is -0.0599. The summed E-state index contributed by atoms with van der Waals surface area (Å²) in [5.41, 5.74) is 5.30. The Morgan fingerprint density at radius 1 is 1.53 bits per heavy atom. The third-order valence-electron chi connectivity index (χ3n) is 3.11. The Morgan fingerprint density at radius 3 is 2.89 bits per heavy atom. The van der Waals surface area contributed by atoms with Gasteiger partial charge in [0.2, 0.25) is 10.0 Å². The topological polar surface area (TPSA) is 94.3 Å². The predicted octanol–water partition coefficient (Wildman–Crippen LogP) is 0.900. The van der Waals surface area contributed by atoms with E-state index in [4.69, 9.17) is 10.5 Å². The number of nitrogen functional groups attached to an aromatic ring is 1. The molecule has 1 fully saturated rings. The van der Waals surface area contributed by atoms with Crippen LogP contribution in [0.25, 0.3) is 0 Å². The summed E-state index contributed by atoms with van der Waals surface area (Å²) in [5.74, 6) is 0.0151. The van der Waals surface area contributed by atoms with Gasteiger partial charge in [0.15, 0.2) is 0 Å². The summed E-state index contributed by atoms with van der Waals surface area (Å²) < 4.78 is 32.8. The number of pyridine rings is 1. The molecule has 1 saturated heterocycles. The first kappa shape index (κ1) is 14.2. The molecule has 0 spiro atoms. The number of hydrogen-bond acceptors (Lipinski definition) is 5. The summed E-state index contributed by atoms with van der Waals surface area (Å²) in [6, 6.07) is 2.86. The van der Waals surface area contributed by atoms with Gasteiger partial charge in [-0.2, -0.15) is 0 Å². The van der Waals surface area contributed by atoms with Crippen LogP contribution in [0.3, 0.4) is 0 Å². The summed E-state index contributed by atoms with van der Waals surface area (Å²) in [6.45, 7) is 4.44. The largest absolute Gasteiger partial charge is 0.383 e. The van der Waals surface area contributed by atoms with Crippen molar-refractivity contribution in [2.75, 3.05) is 12.3 Å². The van der Waals surface area contributed by atoms with Gasteiger partial charge in [0.05, 0.1) is 5.60 Å². The van der Waals surface area contributed by atoms with Gasteiger partial charge in [-0.3, -0.25) is 0 Å². The molecular formula is C12H19N3O3S. The Labute approximate surface area is 113 Å². The Kier molecular flexibility index (Phi) is 3.80. The molecule has 2 rings (SSSR count). The van der Waals surface area contributed by atoms with E-state index >= 15 is 0 Å². The van der Waals surface area contributed by atoms with E-state index in [9.17, 15) is 8.42 Å². The number of sulfonamides is 1. The van der Waals surface area contributed by atoms with Gasteiger partial charge in [0.1, 0.15) is 10.7 Å². The minimum Gasteiger partial charge on any atom is -0.383 e. The summed E-state index contributed by atoms with van der Waals surface area (Å²) in [6.07, 6.45) is 2.75. The van der Waals surface area contributed by atoms with E-state index in [0.717, 1.165) is 0 Å². The van der Waals surface area contributed by atoms with Crippen LogP contribution in [0.2, 0.25) is 0 Å². The summed E-state index contributed by atoms with van der Waals surface area (Å²) in [5, 5.41) is 0. The average molecular weight is 285 g/mol. The minimum absolute atomic E-state index is 0.0151. The SMILES string of the molecule is CC1(C)CC(NS(=O)(=O)c2cccnc2N)CCO1. The molecule has 0 aliphatic carbocycles. The van der Waals surface area contributed by atoms with E-state index in [1.807, 2.05) is 13.8 Å². The van der Waals surface area contributed by atoms with Crippen molar-refractivity contribution < 1.29 is 13.2 Å². The quantitative estimate of drug-likeness (QED) is 0.860. The smallest absolute Gasteiger partial charge is 0.244 e. The molecule has 2 heterocycles. The summed E-state index contributed by atoms with van der Waals surface area (Å²) >= 11 is 0. The molecule has 3 N–H and O–H groups in total. The molecule has 1 aliphatic heterocycles. The third-order valence-corrected chi connectivity index (χ3v) is 4.68. The van der Waals surface area contributed by atoms with Gasteiger partial charge < -0.3 is 10.5 Å². The fraction of sp³-hybridized carbons (Fsp3) is 0.583. The van der Waals surface area contributed by atoms with Crippen LogP contribution in [0.15, 0.2) is 23.2 Å². The van der Waals surface area contributed by atoms with E-state index in [2.05, 4.69) is 9.71 Å². The molecule has 106 valence electrons. The lowest BCUT2D eigenvalue weighted by Gasteiger charge is -2.35. The van der Waals surface area contributed by atoms with Crippen molar-refractivity contribution in [3.63, 3.8) is 0 Å². The molecule has 0 radical (unpaired) electrons. The van der Waals surface area contributed by atoms with Crippen LogP contribution in [0.5, 0.6) is 0 Å². The number of nitrogens with zero attached hydrogens (tertiary/aromatic N) is 1. The zero-order chi connectivity index (χ0) is 14.1. The van der Waals surface area contributed by atoms with E-state index in [1.54, 1.807) is 6.07 Å². The van der Waals surface area contributed by atoms with E-state index < -0.39 is 10.0 Å². The second-order valence-corrected chi connectivity index (χ2v) is 6.99. The van der Waals surface area contributed by atoms with Crippen molar-refractivity contribution in [2.45, 2.75) is 43.2 Å². The maximum absolute atomic E-state index is 12.3. The van der Waals surface area contributed by atoms with Crippen LogP contribution in [0.1, 0.15) is 26.7 Å². The zero-order valence-corrected chi connectivity index (χ0v) is 11.9. The lowest BCUT2D eigenvalue weighted by Crippen LogP contribution is -2.45. The molecule has 1 aliphatic rings. The standard InChI is InChI=1S/C12H19N3O3S/c1-12(2)8-9(5-7-18-12)15-19(16,17)10-4-3-6-14-11(10)13/h3-4,6,9,15H,5,7-8H2,1-2H3,(H2,13,14). The number of aromatic nitrogens is 1. The number of hydrogen-bond donors (Lipinski definition) is 2. The van der Waals surface area contributed by atoms with Crippen molar-refractivity contribution >= 4 is 15.8 Å². The average Bonchev–Trinajstić information content (AvgIpc) is 2.27. The molecule has 1 atom stereocenters. The monoisotopic (exact) mass is 285 g/mol. The van der Waals surface area contributed by atoms with Gasteiger partial charge >= 0.3 is 0 Å². The van der Waals surface area contributed by atoms with Crippen LogP contribution >= 0.6 is 0 Å². The number of nitrogens with one attached hydrogen (secondary N) is 1. The zero-order valence-electron chi connectivity index (χ0n) is 11.1. The molecule has 0 saturated carbocycles. The Balaban J connectivity index is 2.16. The van der Waals surface area contributed by atoms with Crippen LogP contribution in [-0.2, 0) is 14.8 Å². The molecule has 1 aromatic heterocycles. The molecule has 0 bridgehead atoms. The van der Waals surface area contributed by atoms with E-state index in [1.165, 1.54) is 12.3 Å². The molecule has 0 amide bonds. The van der Waals surface area contributed by atoms with Crippen LogP contribution in [-0.4, -0.2) is 31.7 Å². The number of ether oxygens (including phenoxy) is 1. The van der Waals surface area contributed by atoms with Crippen molar-refractivity contribution in [1.82, 2.24) is 9.71 Å². The summed E-state index contributed by atoms with van der Waals surface area (Å²) in [4.78, 5) is 3.83. The molecular weight excluding hydrogens is 266 g/mol. The fourth-order valence-corrected chi connectivity index (χ4v) is 3.60. The highest BCUT2D eigenvalue weighted by Gasteiger charge is 2.32. The Hall–Kier alpha value is -1.18. The van der Waals surface area contributed by atoms with Crippen molar-refractivity contribution in [3.8, 4) is 0 Å².